The number of hydroxylamine groups is 1. The Labute approximate surface area is 84.7 Å². The molecule has 0 spiro atoms. The first kappa shape index (κ1) is 9.34. The lowest BCUT2D eigenvalue weighted by Crippen LogP contribution is -2.52. The maximum absolute atomic E-state index is 5.36. The molecule has 1 unspecified atom stereocenters. The lowest BCUT2D eigenvalue weighted by molar-refractivity contribution is 0.0243. The van der Waals surface area contributed by atoms with Gasteiger partial charge in [0, 0.05) is 18.3 Å². The van der Waals surface area contributed by atoms with Gasteiger partial charge in [0.25, 0.3) is 0 Å². The summed E-state index contributed by atoms with van der Waals surface area (Å²) < 4.78 is 0. The highest BCUT2D eigenvalue weighted by molar-refractivity contribution is 5.25. The average molecular weight is 192 g/mol. The summed E-state index contributed by atoms with van der Waals surface area (Å²) in [5.74, 6) is 0.968. The molecule has 0 saturated heterocycles. The van der Waals surface area contributed by atoms with Gasteiger partial charge in [0.05, 0.1) is 0 Å². The van der Waals surface area contributed by atoms with Gasteiger partial charge in [0.1, 0.15) is 11.4 Å². The van der Waals surface area contributed by atoms with E-state index in [0.717, 1.165) is 12.3 Å². The predicted molar refractivity (Wildman–Crippen MR) is 56.0 cm³/mol. The minimum absolute atomic E-state index is 0.203. The van der Waals surface area contributed by atoms with Crippen LogP contribution in [0.15, 0.2) is 35.8 Å². The zero-order valence-electron chi connectivity index (χ0n) is 8.87. The average Bonchev–Trinajstić information content (AvgIpc) is 2.49. The molecule has 0 amide bonds. The highest BCUT2D eigenvalue weighted by Crippen LogP contribution is 2.30. The van der Waals surface area contributed by atoms with E-state index in [2.05, 4.69) is 42.6 Å². The Morgan fingerprint density at radius 2 is 2.21 bits per heavy atom. The number of hydrogen-bond donors (Lipinski definition) is 1. The number of nitrogens with one attached hydrogen (secondary N) is 1. The molecule has 2 aliphatic heterocycles. The van der Waals surface area contributed by atoms with Gasteiger partial charge in [-0.05, 0) is 26.8 Å². The molecule has 14 heavy (non-hydrogen) atoms. The Morgan fingerprint density at radius 1 is 1.43 bits per heavy atom. The molecule has 0 fully saturated rings. The maximum atomic E-state index is 5.36. The van der Waals surface area contributed by atoms with Gasteiger partial charge >= 0.3 is 0 Å². The minimum Gasteiger partial charge on any atom is -0.411 e. The molecule has 3 nitrogen and oxygen atoms in total. The number of hydrogen-bond acceptors (Lipinski definition) is 3. The third-order valence-electron chi connectivity index (χ3n) is 3.05. The van der Waals surface area contributed by atoms with E-state index in [-0.39, 0.29) is 5.66 Å². The normalized spacial score (nSPS) is 31.2. The molecule has 1 atom stereocenters. The Hall–Kier alpha value is -1.22. The van der Waals surface area contributed by atoms with Gasteiger partial charge in [-0.2, -0.15) is 0 Å². The van der Waals surface area contributed by atoms with Crippen LogP contribution in [0.4, 0.5) is 0 Å². The van der Waals surface area contributed by atoms with Crippen LogP contribution in [-0.2, 0) is 4.84 Å². The molecule has 0 aromatic carbocycles. The fourth-order valence-corrected chi connectivity index (χ4v) is 1.74. The lowest BCUT2D eigenvalue weighted by atomic mass is 10.0. The van der Waals surface area contributed by atoms with E-state index < -0.39 is 0 Å². The highest BCUT2D eigenvalue weighted by atomic mass is 16.7. The zero-order chi connectivity index (χ0) is 10.2. The van der Waals surface area contributed by atoms with Gasteiger partial charge < -0.3 is 9.74 Å². The molecule has 0 aromatic heterocycles. The van der Waals surface area contributed by atoms with Crippen molar-refractivity contribution in [1.29, 1.82) is 0 Å². The fourth-order valence-electron chi connectivity index (χ4n) is 1.74. The SMILES string of the molecule is CC1=C(C)C(C)(N2C=CC=CC2)NO1. The second-order valence-electron chi connectivity index (χ2n) is 3.88. The number of nitrogens with zero attached hydrogens (tertiary/aromatic N) is 1. The molecule has 0 bridgehead atoms. The van der Waals surface area contributed by atoms with Crippen LogP contribution in [0, 0.1) is 0 Å². The predicted octanol–water partition coefficient (Wildman–Crippen LogP) is 1.92. The highest BCUT2D eigenvalue weighted by Gasteiger charge is 2.38. The van der Waals surface area contributed by atoms with Crippen molar-refractivity contribution in [1.82, 2.24) is 10.4 Å². The second kappa shape index (κ2) is 3.17. The molecular weight excluding hydrogens is 176 g/mol. The monoisotopic (exact) mass is 192 g/mol. The fraction of sp³-hybridized carbons (Fsp3) is 0.455. The van der Waals surface area contributed by atoms with E-state index in [1.54, 1.807) is 0 Å². The topological polar surface area (TPSA) is 24.5 Å². The molecule has 3 heteroatoms. The van der Waals surface area contributed by atoms with Gasteiger partial charge in [0.15, 0.2) is 0 Å². The van der Waals surface area contributed by atoms with Crippen LogP contribution in [0.5, 0.6) is 0 Å². The van der Waals surface area contributed by atoms with Crippen LogP contribution < -0.4 is 5.48 Å². The van der Waals surface area contributed by atoms with Crippen molar-refractivity contribution in [2.45, 2.75) is 26.4 Å². The van der Waals surface area contributed by atoms with Gasteiger partial charge in [-0.1, -0.05) is 12.2 Å². The number of allylic oxidation sites excluding steroid dienone is 3. The molecule has 0 radical (unpaired) electrons. The number of rotatable bonds is 1. The first-order chi connectivity index (χ1) is 6.64. The van der Waals surface area contributed by atoms with E-state index in [1.807, 2.05) is 13.0 Å². The van der Waals surface area contributed by atoms with E-state index in [9.17, 15) is 0 Å². The van der Waals surface area contributed by atoms with Crippen molar-refractivity contribution >= 4 is 0 Å². The summed E-state index contributed by atoms with van der Waals surface area (Å²) >= 11 is 0. The van der Waals surface area contributed by atoms with E-state index >= 15 is 0 Å². The summed E-state index contributed by atoms with van der Waals surface area (Å²) in [6.07, 6.45) is 8.31. The maximum Gasteiger partial charge on any atom is 0.146 e. The van der Waals surface area contributed by atoms with Gasteiger partial charge in [-0.15, -0.1) is 5.48 Å². The molecule has 2 aliphatic rings. The second-order valence-corrected chi connectivity index (χ2v) is 3.88. The van der Waals surface area contributed by atoms with Gasteiger partial charge in [-0.25, -0.2) is 0 Å². The van der Waals surface area contributed by atoms with Crippen molar-refractivity contribution in [3.05, 3.63) is 35.8 Å². The van der Waals surface area contributed by atoms with Crippen molar-refractivity contribution in [2.24, 2.45) is 0 Å². The summed E-state index contributed by atoms with van der Waals surface area (Å²) in [5.41, 5.74) is 4.10. The Bertz CT molecular complexity index is 330. The van der Waals surface area contributed by atoms with Crippen LogP contribution in [0.25, 0.3) is 0 Å². The van der Waals surface area contributed by atoms with E-state index in [0.29, 0.717) is 0 Å². The zero-order valence-corrected chi connectivity index (χ0v) is 8.87. The van der Waals surface area contributed by atoms with E-state index in [4.69, 9.17) is 4.84 Å². The van der Waals surface area contributed by atoms with Crippen LogP contribution >= 0.6 is 0 Å². The molecule has 0 saturated carbocycles. The Kier molecular flexibility index (Phi) is 2.11. The minimum atomic E-state index is -0.203. The van der Waals surface area contributed by atoms with Crippen molar-refractivity contribution in [3.8, 4) is 0 Å². The lowest BCUT2D eigenvalue weighted by Gasteiger charge is -2.37. The Balaban J connectivity index is 2.25. The Morgan fingerprint density at radius 3 is 2.71 bits per heavy atom. The summed E-state index contributed by atoms with van der Waals surface area (Å²) in [5, 5.41) is 0. The molecular formula is C11H16N2O. The van der Waals surface area contributed by atoms with Crippen LogP contribution in [0.3, 0.4) is 0 Å². The molecule has 2 rings (SSSR count). The van der Waals surface area contributed by atoms with Crippen molar-refractivity contribution in [2.75, 3.05) is 6.54 Å². The third kappa shape index (κ3) is 1.24. The van der Waals surface area contributed by atoms with Gasteiger partial charge in [-0.3, -0.25) is 0 Å². The quantitative estimate of drug-likeness (QED) is 0.687. The summed E-state index contributed by atoms with van der Waals surface area (Å²) in [6, 6.07) is 0. The van der Waals surface area contributed by atoms with Crippen molar-refractivity contribution in [3.63, 3.8) is 0 Å². The summed E-state index contributed by atoms with van der Waals surface area (Å²) in [7, 11) is 0. The molecule has 0 aliphatic carbocycles. The first-order valence-electron chi connectivity index (χ1n) is 4.86. The standard InChI is InChI=1S/C11H16N2O/c1-9-10(2)14-12-11(9,3)13-7-5-4-6-8-13/h4-7,12H,8H2,1-3H3. The van der Waals surface area contributed by atoms with E-state index in [1.165, 1.54) is 5.57 Å². The largest absolute Gasteiger partial charge is 0.411 e. The molecule has 2 heterocycles. The summed E-state index contributed by atoms with van der Waals surface area (Å²) in [6.45, 7) is 7.12. The summed E-state index contributed by atoms with van der Waals surface area (Å²) in [4.78, 5) is 7.58. The van der Waals surface area contributed by atoms with Gasteiger partial charge in [0.2, 0.25) is 0 Å². The van der Waals surface area contributed by atoms with Crippen LogP contribution in [-0.4, -0.2) is 17.1 Å². The van der Waals surface area contributed by atoms with Crippen molar-refractivity contribution < 1.29 is 4.84 Å². The third-order valence-corrected chi connectivity index (χ3v) is 3.05. The molecule has 0 aromatic rings. The smallest absolute Gasteiger partial charge is 0.146 e. The van der Waals surface area contributed by atoms with Crippen LogP contribution in [0.1, 0.15) is 20.8 Å². The molecule has 76 valence electrons. The molecule has 1 N–H and O–H groups in total. The first-order valence-corrected chi connectivity index (χ1v) is 4.86. The van der Waals surface area contributed by atoms with Crippen LogP contribution in [0.2, 0.25) is 0 Å².